The molecule has 0 aliphatic carbocycles. The molecular formula is C14H16O5. The normalized spacial score (nSPS) is 41.7. The van der Waals surface area contributed by atoms with E-state index >= 15 is 0 Å². The molecule has 5 heteroatoms. The molecule has 2 saturated heterocycles. The van der Waals surface area contributed by atoms with Gasteiger partial charge < -0.3 is 19.7 Å². The Labute approximate surface area is 110 Å². The molecule has 2 aliphatic rings. The highest BCUT2D eigenvalue weighted by molar-refractivity contribution is 5.81. The summed E-state index contributed by atoms with van der Waals surface area (Å²) >= 11 is 0. The second-order valence-corrected chi connectivity index (χ2v) is 5.08. The van der Waals surface area contributed by atoms with Crippen LogP contribution in [-0.4, -0.2) is 46.7 Å². The fourth-order valence-electron chi connectivity index (χ4n) is 2.80. The SMILES string of the molecule is C[C@H]1O[C@H]2[C@@H](OC(=O)[C@@H]2c2ccccc2)[C@H](O)[C@@H]1O. The maximum absolute atomic E-state index is 12.0. The summed E-state index contributed by atoms with van der Waals surface area (Å²) in [6.45, 7) is 1.68. The van der Waals surface area contributed by atoms with Crippen LogP contribution < -0.4 is 0 Å². The fourth-order valence-corrected chi connectivity index (χ4v) is 2.80. The van der Waals surface area contributed by atoms with Crippen LogP contribution in [0.15, 0.2) is 30.3 Å². The van der Waals surface area contributed by atoms with Gasteiger partial charge in [0.15, 0.2) is 6.10 Å². The molecule has 0 amide bonds. The number of hydrogen-bond donors (Lipinski definition) is 2. The number of carbonyl (C=O) groups is 1. The molecule has 5 nitrogen and oxygen atoms in total. The van der Waals surface area contributed by atoms with E-state index in [4.69, 9.17) is 9.47 Å². The van der Waals surface area contributed by atoms with Gasteiger partial charge in [0, 0.05) is 0 Å². The summed E-state index contributed by atoms with van der Waals surface area (Å²) in [5, 5.41) is 19.8. The van der Waals surface area contributed by atoms with Crippen LogP contribution in [0.3, 0.4) is 0 Å². The number of fused-ring (bicyclic) bond motifs is 1. The summed E-state index contributed by atoms with van der Waals surface area (Å²) in [4.78, 5) is 12.0. The van der Waals surface area contributed by atoms with Crippen molar-refractivity contribution in [3.8, 4) is 0 Å². The molecule has 2 N–H and O–H groups in total. The van der Waals surface area contributed by atoms with E-state index < -0.39 is 42.4 Å². The van der Waals surface area contributed by atoms with E-state index in [0.29, 0.717) is 0 Å². The predicted octanol–water partition coefficient (Wildman–Crippen LogP) is 0.205. The van der Waals surface area contributed by atoms with Crippen molar-refractivity contribution in [3.05, 3.63) is 35.9 Å². The summed E-state index contributed by atoms with van der Waals surface area (Å²) in [5.41, 5.74) is 0.802. The van der Waals surface area contributed by atoms with Gasteiger partial charge in [0.2, 0.25) is 0 Å². The molecule has 1 aromatic carbocycles. The lowest BCUT2D eigenvalue weighted by atomic mass is 9.87. The smallest absolute Gasteiger partial charge is 0.316 e. The van der Waals surface area contributed by atoms with Crippen LogP contribution in [0.4, 0.5) is 0 Å². The summed E-state index contributed by atoms with van der Waals surface area (Å²) < 4.78 is 10.9. The number of esters is 1. The first-order valence-corrected chi connectivity index (χ1v) is 6.36. The van der Waals surface area contributed by atoms with Gasteiger partial charge >= 0.3 is 5.97 Å². The van der Waals surface area contributed by atoms with Gasteiger partial charge in [0.1, 0.15) is 24.2 Å². The number of ether oxygens (including phenoxy) is 2. The van der Waals surface area contributed by atoms with E-state index in [-0.39, 0.29) is 0 Å². The second kappa shape index (κ2) is 4.59. The predicted molar refractivity (Wildman–Crippen MR) is 65.4 cm³/mol. The number of carbonyl (C=O) groups excluding carboxylic acids is 1. The molecule has 0 saturated carbocycles. The number of rotatable bonds is 1. The summed E-state index contributed by atoms with van der Waals surface area (Å²) in [5.74, 6) is -0.961. The van der Waals surface area contributed by atoms with Crippen LogP contribution in [0.2, 0.25) is 0 Å². The van der Waals surface area contributed by atoms with Gasteiger partial charge in [-0.3, -0.25) is 4.79 Å². The van der Waals surface area contributed by atoms with Gasteiger partial charge in [-0.25, -0.2) is 0 Å². The van der Waals surface area contributed by atoms with E-state index in [1.807, 2.05) is 30.3 Å². The van der Waals surface area contributed by atoms with Crippen LogP contribution >= 0.6 is 0 Å². The van der Waals surface area contributed by atoms with Crippen molar-refractivity contribution in [3.63, 3.8) is 0 Å². The van der Waals surface area contributed by atoms with Gasteiger partial charge in [0.25, 0.3) is 0 Å². The first kappa shape index (κ1) is 12.6. The minimum atomic E-state index is -1.11. The van der Waals surface area contributed by atoms with Crippen molar-refractivity contribution in [2.45, 2.75) is 43.4 Å². The number of benzene rings is 1. The largest absolute Gasteiger partial charge is 0.456 e. The Bertz CT molecular complexity index is 474. The Balaban J connectivity index is 1.93. The molecule has 2 aliphatic heterocycles. The summed E-state index contributed by atoms with van der Waals surface area (Å²) in [6.07, 6.45) is -4.03. The van der Waals surface area contributed by atoms with Crippen LogP contribution in [0.1, 0.15) is 18.4 Å². The molecule has 19 heavy (non-hydrogen) atoms. The van der Waals surface area contributed by atoms with Gasteiger partial charge in [-0.15, -0.1) is 0 Å². The van der Waals surface area contributed by atoms with E-state index in [1.165, 1.54) is 0 Å². The first-order chi connectivity index (χ1) is 9.09. The Morgan fingerprint density at radius 3 is 2.42 bits per heavy atom. The van der Waals surface area contributed by atoms with Gasteiger partial charge in [-0.1, -0.05) is 30.3 Å². The summed E-state index contributed by atoms with van der Waals surface area (Å²) in [7, 11) is 0. The van der Waals surface area contributed by atoms with Gasteiger partial charge in [0.05, 0.1) is 6.10 Å². The molecule has 0 spiro atoms. The van der Waals surface area contributed by atoms with Crippen molar-refractivity contribution < 1.29 is 24.5 Å². The standard InChI is InChI=1S/C14H16O5/c1-7-10(15)11(16)13-12(18-7)9(14(17)19-13)8-5-3-2-4-6-8/h2-7,9-13,15-16H,1H3/t7-,9-,10-,11-,12-,13+/m1/s1. The molecule has 3 rings (SSSR count). The molecular weight excluding hydrogens is 248 g/mol. The topological polar surface area (TPSA) is 76.0 Å². The Morgan fingerprint density at radius 2 is 1.74 bits per heavy atom. The van der Waals surface area contributed by atoms with Crippen molar-refractivity contribution in [1.82, 2.24) is 0 Å². The zero-order valence-electron chi connectivity index (χ0n) is 10.5. The Hall–Kier alpha value is -1.43. The second-order valence-electron chi connectivity index (χ2n) is 5.08. The van der Waals surface area contributed by atoms with Crippen molar-refractivity contribution in [2.24, 2.45) is 0 Å². The maximum atomic E-state index is 12.0. The third-order valence-corrected chi connectivity index (χ3v) is 3.86. The van der Waals surface area contributed by atoms with E-state index in [1.54, 1.807) is 6.92 Å². The maximum Gasteiger partial charge on any atom is 0.316 e. The van der Waals surface area contributed by atoms with Crippen molar-refractivity contribution in [2.75, 3.05) is 0 Å². The molecule has 0 radical (unpaired) electrons. The quantitative estimate of drug-likeness (QED) is 0.709. The van der Waals surface area contributed by atoms with E-state index in [9.17, 15) is 15.0 Å². The first-order valence-electron chi connectivity index (χ1n) is 6.36. The van der Waals surface area contributed by atoms with E-state index in [0.717, 1.165) is 5.56 Å². The van der Waals surface area contributed by atoms with Crippen molar-refractivity contribution >= 4 is 5.97 Å². The third kappa shape index (κ3) is 1.94. The highest BCUT2D eigenvalue weighted by Gasteiger charge is 2.55. The Kier molecular flexibility index (Phi) is 3.05. The van der Waals surface area contributed by atoms with Crippen LogP contribution in [0.25, 0.3) is 0 Å². The number of hydrogen-bond acceptors (Lipinski definition) is 5. The average molecular weight is 264 g/mol. The molecule has 2 heterocycles. The Morgan fingerprint density at radius 1 is 1.05 bits per heavy atom. The molecule has 102 valence electrons. The molecule has 2 fully saturated rings. The average Bonchev–Trinajstić information content (AvgIpc) is 2.74. The lowest BCUT2D eigenvalue weighted by molar-refractivity contribution is -0.204. The molecule has 1 aromatic rings. The molecule has 0 bridgehead atoms. The zero-order chi connectivity index (χ0) is 13.6. The van der Waals surface area contributed by atoms with Crippen LogP contribution in [-0.2, 0) is 14.3 Å². The van der Waals surface area contributed by atoms with Crippen LogP contribution in [0, 0.1) is 0 Å². The minimum Gasteiger partial charge on any atom is -0.456 e. The zero-order valence-corrected chi connectivity index (χ0v) is 10.5. The van der Waals surface area contributed by atoms with Gasteiger partial charge in [-0.05, 0) is 12.5 Å². The third-order valence-electron chi connectivity index (χ3n) is 3.86. The molecule has 0 unspecified atom stereocenters. The number of aliphatic hydroxyl groups is 2. The molecule has 6 atom stereocenters. The lowest BCUT2D eigenvalue weighted by Gasteiger charge is -2.38. The minimum absolute atomic E-state index is 0.415. The van der Waals surface area contributed by atoms with E-state index in [2.05, 4.69) is 0 Å². The number of aliphatic hydroxyl groups excluding tert-OH is 2. The fraction of sp³-hybridized carbons (Fsp3) is 0.500. The lowest BCUT2D eigenvalue weighted by Crippen LogP contribution is -2.55. The summed E-state index contributed by atoms with van der Waals surface area (Å²) in [6, 6.07) is 9.21. The highest BCUT2D eigenvalue weighted by Crippen LogP contribution is 2.39. The van der Waals surface area contributed by atoms with Crippen LogP contribution in [0.5, 0.6) is 0 Å². The van der Waals surface area contributed by atoms with Gasteiger partial charge in [-0.2, -0.15) is 0 Å². The molecule has 0 aromatic heterocycles. The highest BCUT2D eigenvalue weighted by atomic mass is 16.6. The van der Waals surface area contributed by atoms with Crippen molar-refractivity contribution in [1.29, 1.82) is 0 Å². The monoisotopic (exact) mass is 264 g/mol.